The lowest BCUT2D eigenvalue weighted by atomic mass is 10.0. The lowest BCUT2D eigenvalue weighted by Gasteiger charge is -2.16. The van der Waals surface area contributed by atoms with Gasteiger partial charge in [-0.2, -0.15) is 0 Å². The van der Waals surface area contributed by atoms with Crippen molar-refractivity contribution in [1.29, 1.82) is 0 Å². The molecule has 0 bridgehead atoms. The molecule has 0 unspecified atom stereocenters. The van der Waals surface area contributed by atoms with Gasteiger partial charge in [-0.1, -0.05) is 50.2 Å². The van der Waals surface area contributed by atoms with Crippen molar-refractivity contribution in [3.63, 3.8) is 0 Å². The molecule has 0 spiro atoms. The molecule has 1 aliphatic heterocycles. The van der Waals surface area contributed by atoms with Gasteiger partial charge in [0.2, 0.25) is 0 Å². The average molecular weight is 414 g/mol. The zero-order chi connectivity index (χ0) is 22.0. The Morgan fingerprint density at radius 2 is 1.29 bits per heavy atom. The minimum absolute atomic E-state index is 0.181. The number of hydrogen-bond acceptors (Lipinski definition) is 3. The number of benzene rings is 3. The predicted octanol–water partition coefficient (Wildman–Crippen LogP) is 5.35. The Hall–Kier alpha value is -3.73. The van der Waals surface area contributed by atoms with E-state index in [1.54, 1.807) is 12.1 Å². The molecule has 5 heteroatoms. The Morgan fingerprint density at radius 1 is 0.742 bits per heavy atom. The normalized spacial score (nSPS) is 13.8. The molecule has 0 aromatic heterocycles. The zero-order valence-electron chi connectivity index (χ0n) is 17.5. The number of halogens is 1. The summed E-state index contributed by atoms with van der Waals surface area (Å²) in [5.41, 5.74) is 4.39. The highest BCUT2D eigenvalue weighted by molar-refractivity contribution is 6.46. The molecule has 4 rings (SSSR count). The van der Waals surface area contributed by atoms with Crippen LogP contribution in [0, 0.1) is 5.82 Å². The summed E-state index contributed by atoms with van der Waals surface area (Å²) in [6, 6.07) is 20.7. The molecule has 3 aromatic carbocycles. The third-order valence-corrected chi connectivity index (χ3v) is 5.45. The van der Waals surface area contributed by atoms with Crippen LogP contribution in [0.15, 0.2) is 78.5 Å². The molecule has 0 saturated heterocycles. The lowest BCUT2D eigenvalue weighted by Crippen LogP contribution is -2.32. The van der Waals surface area contributed by atoms with Crippen LogP contribution in [0.1, 0.15) is 30.5 Å². The second kappa shape index (κ2) is 8.56. The number of hydrogen-bond donors (Lipinski definition) is 1. The highest BCUT2D eigenvalue weighted by atomic mass is 19.1. The van der Waals surface area contributed by atoms with E-state index >= 15 is 0 Å². The molecule has 0 atom stereocenters. The largest absolute Gasteiger partial charge is 0.350 e. The zero-order valence-corrected chi connectivity index (χ0v) is 17.5. The van der Waals surface area contributed by atoms with Gasteiger partial charge in [0, 0.05) is 5.69 Å². The quantitative estimate of drug-likeness (QED) is 0.554. The third kappa shape index (κ3) is 3.99. The third-order valence-electron chi connectivity index (χ3n) is 5.45. The molecule has 0 radical (unpaired) electrons. The summed E-state index contributed by atoms with van der Waals surface area (Å²) >= 11 is 0. The summed E-state index contributed by atoms with van der Waals surface area (Å²) in [7, 11) is 0. The van der Waals surface area contributed by atoms with Gasteiger partial charge in [-0.05, 0) is 65.9 Å². The van der Waals surface area contributed by atoms with Gasteiger partial charge in [-0.15, -0.1) is 0 Å². The first-order valence-corrected chi connectivity index (χ1v) is 10.4. The number of nitrogens with zero attached hydrogens (tertiary/aromatic N) is 1. The molecular weight excluding hydrogens is 391 g/mol. The Morgan fingerprint density at radius 3 is 1.84 bits per heavy atom. The monoisotopic (exact) mass is 414 g/mol. The molecule has 4 nitrogen and oxygen atoms in total. The van der Waals surface area contributed by atoms with Gasteiger partial charge in [0.15, 0.2) is 0 Å². The van der Waals surface area contributed by atoms with Crippen LogP contribution in [0.3, 0.4) is 0 Å². The van der Waals surface area contributed by atoms with Crippen LogP contribution in [0.5, 0.6) is 0 Å². The SMILES string of the molecule is CCc1ccc(NC2=C(c3ccc(F)cc3)C(=O)N(c3ccc(CC)cc3)C2=O)cc1. The minimum Gasteiger partial charge on any atom is -0.350 e. The Bertz CT molecular complexity index is 1150. The van der Waals surface area contributed by atoms with Gasteiger partial charge in [-0.3, -0.25) is 9.59 Å². The second-order valence-electron chi connectivity index (χ2n) is 7.40. The van der Waals surface area contributed by atoms with E-state index in [1.807, 2.05) is 43.3 Å². The molecule has 3 aromatic rings. The van der Waals surface area contributed by atoms with Crippen molar-refractivity contribution in [2.45, 2.75) is 26.7 Å². The summed E-state index contributed by atoms with van der Waals surface area (Å²) in [6.07, 6.45) is 1.77. The van der Waals surface area contributed by atoms with Gasteiger partial charge in [0.1, 0.15) is 11.5 Å². The molecule has 31 heavy (non-hydrogen) atoms. The van der Waals surface area contributed by atoms with Crippen LogP contribution >= 0.6 is 0 Å². The van der Waals surface area contributed by atoms with Crippen LogP contribution in [-0.2, 0) is 22.4 Å². The highest BCUT2D eigenvalue weighted by Gasteiger charge is 2.40. The topological polar surface area (TPSA) is 49.4 Å². The van der Waals surface area contributed by atoms with E-state index in [9.17, 15) is 14.0 Å². The standard InChI is InChI=1S/C26H23FN2O2/c1-3-17-5-13-21(14-6-17)28-24-23(19-9-11-20(27)12-10-19)25(30)29(26(24)31)22-15-7-18(4-2)8-16-22/h5-16,28H,3-4H2,1-2H3. The first-order chi connectivity index (χ1) is 15.0. The smallest absolute Gasteiger partial charge is 0.282 e. The molecular formula is C26H23FN2O2. The van der Waals surface area contributed by atoms with Crippen molar-refractivity contribution in [1.82, 2.24) is 0 Å². The van der Waals surface area contributed by atoms with Gasteiger partial charge < -0.3 is 5.32 Å². The first kappa shape index (κ1) is 20.5. The summed E-state index contributed by atoms with van der Waals surface area (Å²) in [6.45, 7) is 4.11. The lowest BCUT2D eigenvalue weighted by molar-refractivity contribution is -0.120. The fourth-order valence-electron chi connectivity index (χ4n) is 3.61. The number of anilines is 2. The predicted molar refractivity (Wildman–Crippen MR) is 121 cm³/mol. The molecule has 1 aliphatic rings. The minimum atomic E-state index is -0.437. The van der Waals surface area contributed by atoms with Gasteiger partial charge in [-0.25, -0.2) is 9.29 Å². The van der Waals surface area contributed by atoms with Crippen LogP contribution < -0.4 is 10.2 Å². The van der Waals surface area contributed by atoms with E-state index in [0.29, 0.717) is 16.9 Å². The van der Waals surface area contributed by atoms with Crippen molar-refractivity contribution < 1.29 is 14.0 Å². The number of nitrogens with one attached hydrogen (secondary N) is 1. The number of rotatable bonds is 6. The van der Waals surface area contributed by atoms with E-state index in [4.69, 9.17) is 0 Å². The van der Waals surface area contributed by atoms with Crippen LogP contribution in [0.25, 0.3) is 5.57 Å². The summed E-state index contributed by atoms with van der Waals surface area (Å²) in [5, 5.41) is 3.13. The van der Waals surface area contributed by atoms with E-state index in [0.717, 1.165) is 18.4 Å². The molecule has 2 amide bonds. The summed E-state index contributed by atoms with van der Waals surface area (Å²) in [5.74, 6) is -1.28. The van der Waals surface area contributed by atoms with Crippen LogP contribution in [0.4, 0.5) is 15.8 Å². The second-order valence-corrected chi connectivity index (χ2v) is 7.40. The van der Waals surface area contributed by atoms with Crippen molar-refractivity contribution in [2.75, 3.05) is 10.2 Å². The molecule has 0 fully saturated rings. The summed E-state index contributed by atoms with van der Waals surface area (Å²) < 4.78 is 13.5. The number of amides is 2. The number of carbonyl (C=O) groups excluding carboxylic acids is 2. The highest BCUT2D eigenvalue weighted by Crippen LogP contribution is 2.34. The van der Waals surface area contributed by atoms with E-state index < -0.39 is 17.6 Å². The van der Waals surface area contributed by atoms with Crippen molar-refractivity contribution >= 4 is 28.8 Å². The van der Waals surface area contributed by atoms with E-state index in [2.05, 4.69) is 12.2 Å². The average Bonchev–Trinajstić information content (AvgIpc) is 3.04. The molecule has 1 heterocycles. The van der Waals surface area contributed by atoms with Crippen molar-refractivity contribution in [3.05, 3.63) is 101 Å². The van der Waals surface area contributed by atoms with Crippen LogP contribution in [-0.4, -0.2) is 11.8 Å². The van der Waals surface area contributed by atoms with E-state index in [-0.39, 0.29) is 11.3 Å². The molecule has 156 valence electrons. The number of aryl methyl sites for hydroxylation is 2. The van der Waals surface area contributed by atoms with Gasteiger partial charge >= 0.3 is 0 Å². The maximum absolute atomic E-state index is 13.5. The summed E-state index contributed by atoms with van der Waals surface area (Å²) in [4.78, 5) is 27.9. The van der Waals surface area contributed by atoms with Crippen LogP contribution in [0.2, 0.25) is 0 Å². The van der Waals surface area contributed by atoms with Gasteiger partial charge in [0.05, 0.1) is 11.3 Å². The molecule has 1 N–H and O–H groups in total. The maximum Gasteiger partial charge on any atom is 0.282 e. The van der Waals surface area contributed by atoms with Crippen molar-refractivity contribution in [3.8, 4) is 0 Å². The molecule has 0 saturated carbocycles. The Balaban J connectivity index is 1.77. The number of imide groups is 1. The number of carbonyl (C=O) groups is 2. The Labute approximate surface area is 181 Å². The van der Waals surface area contributed by atoms with Crippen molar-refractivity contribution in [2.24, 2.45) is 0 Å². The van der Waals surface area contributed by atoms with E-state index in [1.165, 1.54) is 34.7 Å². The molecule has 0 aliphatic carbocycles. The fourth-order valence-corrected chi connectivity index (χ4v) is 3.61. The first-order valence-electron chi connectivity index (χ1n) is 10.4. The maximum atomic E-state index is 13.5. The van der Waals surface area contributed by atoms with Gasteiger partial charge in [0.25, 0.3) is 11.8 Å². The fraction of sp³-hybridized carbons (Fsp3) is 0.154. The Kier molecular flexibility index (Phi) is 5.67.